The highest BCUT2D eigenvalue weighted by atomic mass is 15.2. The molecule has 0 radical (unpaired) electrons. The standard InChI is InChI=1S/C11H17N3/c1-4-14(3)11(12)13-10-7-5-9(2)6-8-10/h5-8H,4H2,1-3H3,(H2,12,13). The van der Waals surface area contributed by atoms with Crippen LogP contribution in [0.3, 0.4) is 0 Å². The summed E-state index contributed by atoms with van der Waals surface area (Å²) in [6.45, 7) is 4.95. The van der Waals surface area contributed by atoms with Gasteiger partial charge in [-0.25, -0.2) is 4.99 Å². The molecule has 1 aromatic carbocycles. The molecule has 76 valence electrons. The Bertz CT molecular complexity index is 314. The van der Waals surface area contributed by atoms with E-state index in [9.17, 15) is 0 Å². The minimum atomic E-state index is 0.552. The van der Waals surface area contributed by atoms with Gasteiger partial charge in [0.1, 0.15) is 0 Å². The highest BCUT2D eigenvalue weighted by Gasteiger charge is 1.97. The molecular weight excluding hydrogens is 174 g/mol. The third-order valence-electron chi connectivity index (χ3n) is 2.14. The molecular formula is C11H17N3. The Hall–Kier alpha value is -1.51. The molecule has 0 saturated heterocycles. The summed E-state index contributed by atoms with van der Waals surface area (Å²) >= 11 is 0. The molecule has 0 aliphatic carbocycles. The predicted octanol–water partition coefficient (Wildman–Crippen LogP) is 1.89. The monoisotopic (exact) mass is 191 g/mol. The number of nitrogens with two attached hydrogens (primary N) is 1. The van der Waals surface area contributed by atoms with E-state index in [2.05, 4.69) is 11.9 Å². The van der Waals surface area contributed by atoms with Crippen molar-refractivity contribution in [2.75, 3.05) is 13.6 Å². The molecule has 0 aliphatic heterocycles. The lowest BCUT2D eigenvalue weighted by Gasteiger charge is -2.14. The van der Waals surface area contributed by atoms with E-state index in [1.807, 2.05) is 43.1 Å². The van der Waals surface area contributed by atoms with Crippen LogP contribution in [0.15, 0.2) is 29.3 Å². The number of hydrogen-bond donors (Lipinski definition) is 1. The molecule has 2 N–H and O–H groups in total. The summed E-state index contributed by atoms with van der Waals surface area (Å²) in [7, 11) is 1.92. The molecule has 1 aromatic rings. The van der Waals surface area contributed by atoms with E-state index in [4.69, 9.17) is 5.73 Å². The van der Waals surface area contributed by atoms with Gasteiger partial charge in [0, 0.05) is 13.6 Å². The molecule has 0 fully saturated rings. The fourth-order valence-electron chi connectivity index (χ4n) is 0.999. The maximum absolute atomic E-state index is 5.77. The minimum Gasteiger partial charge on any atom is -0.369 e. The highest BCUT2D eigenvalue weighted by Crippen LogP contribution is 2.12. The van der Waals surface area contributed by atoms with Crippen LogP contribution in [0.25, 0.3) is 0 Å². The van der Waals surface area contributed by atoms with Gasteiger partial charge >= 0.3 is 0 Å². The van der Waals surface area contributed by atoms with Gasteiger partial charge in [-0.3, -0.25) is 0 Å². The average Bonchev–Trinajstić information content (AvgIpc) is 2.20. The molecule has 0 aliphatic rings. The first-order chi connectivity index (χ1) is 6.63. The van der Waals surface area contributed by atoms with E-state index >= 15 is 0 Å². The van der Waals surface area contributed by atoms with Crippen molar-refractivity contribution >= 4 is 11.6 Å². The molecule has 14 heavy (non-hydrogen) atoms. The zero-order chi connectivity index (χ0) is 10.6. The maximum Gasteiger partial charge on any atom is 0.196 e. The second-order valence-corrected chi connectivity index (χ2v) is 3.32. The predicted molar refractivity (Wildman–Crippen MR) is 60.8 cm³/mol. The van der Waals surface area contributed by atoms with Crippen LogP contribution in [0.2, 0.25) is 0 Å². The Kier molecular flexibility index (Phi) is 3.51. The van der Waals surface area contributed by atoms with Gasteiger partial charge in [-0.15, -0.1) is 0 Å². The van der Waals surface area contributed by atoms with Gasteiger partial charge in [-0.05, 0) is 26.0 Å². The Morgan fingerprint density at radius 3 is 2.43 bits per heavy atom. The van der Waals surface area contributed by atoms with Gasteiger partial charge in [-0.1, -0.05) is 17.7 Å². The summed E-state index contributed by atoms with van der Waals surface area (Å²) in [6, 6.07) is 7.98. The lowest BCUT2D eigenvalue weighted by Crippen LogP contribution is -2.33. The van der Waals surface area contributed by atoms with Crippen LogP contribution in [-0.2, 0) is 0 Å². The largest absolute Gasteiger partial charge is 0.369 e. The Morgan fingerprint density at radius 2 is 1.93 bits per heavy atom. The minimum absolute atomic E-state index is 0.552. The molecule has 0 unspecified atom stereocenters. The molecule has 0 aromatic heterocycles. The Balaban J connectivity index is 2.81. The normalized spacial score (nSPS) is 11.5. The van der Waals surface area contributed by atoms with Gasteiger partial charge in [0.2, 0.25) is 0 Å². The topological polar surface area (TPSA) is 41.6 Å². The molecule has 1 rings (SSSR count). The number of aryl methyl sites for hydroxylation is 1. The number of rotatable bonds is 2. The lowest BCUT2D eigenvalue weighted by molar-refractivity contribution is 0.529. The van der Waals surface area contributed by atoms with Crippen LogP contribution in [0.1, 0.15) is 12.5 Å². The summed E-state index contributed by atoms with van der Waals surface area (Å²) in [5.41, 5.74) is 7.90. The fraction of sp³-hybridized carbons (Fsp3) is 0.364. The molecule has 0 bridgehead atoms. The first-order valence-electron chi connectivity index (χ1n) is 4.75. The second kappa shape index (κ2) is 4.65. The fourth-order valence-corrected chi connectivity index (χ4v) is 0.999. The number of hydrogen-bond acceptors (Lipinski definition) is 1. The summed E-state index contributed by atoms with van der Waals surface area (Å²) in [4.78, 5) is 6.19. The van der Waals surface area contributed by atoms with Crippen molar-refractivity contribution in [3.05, 3.63) is 29.8 Å². The van der Waals surface area contributed by atoms with Crippen LogP contribution in [0.4, 0.5) is 5.69 Å². The summed E-state index contributed by atoms with van der Waals surface area (Å²) < 4.78 is 0. The van der Waals surface area contributed by atoms with Crippen molar-refractivity contribution in [2.24, 2.45) is 10.7 Å². The van der Waals surface area contributed by atoms with Crippen LogP contribution in [0.5, 0.6) is 0 Å². The summed E-state index contributed by atoms with van der Waals surface area (Å²) in [5.74, 6) is 0.552. The molecule has 0 heterocycles. The van der Waals surface area contributed by atoms with Gasteiger partial charge in [0.05, 0.1) is 5.69 Å². The van der Waals surface area contributed by atoms with E-state index in [1.54, 1.807) is 0 Å². The van der Waals surface area contributed by atoms with Crippen LogP contribution in [0, 0.1) is 6.92 Å². The number of benzene rings is 1. The Morgan fingerprint density at radius 1 is 1.36 bits per heavy atom. The maximum atomic E-state index is 5.77. The average molecular weight is 191 g/mol. The summed E-state index contributed by atoms with van der Waals surface area (Å²) in [6.07, 6.45) is 0. The van der Waals surface area contributed by atoms with Gasteiger partial charge in [0.25, 0.3) is 0 Å². The van der Waals surface area contributed by atoms with Crippen molar-refractivity contribution in [1.29, 1.82) is 0 Å². The zero-order valence-electron chi connectivity index (χ0n) is 8.99. The molecule has 0 saturated carbocycles. The zero-order valence-corrected chi connectivity index (χ0v) is 8.99. The van der Waals surface area contributed by atoms with Crippen LogP contribution in [-0.4, -0.2) is 24.5 Å². The third kappa shape index (κ3) is 2.76. The molecule has 0 amide bonds. The van der Waals surface area contributed by atoms with E-state index < -0.39 is 0 Å². The molecule has 3 heteroatoms. The van der Waals surface area contributed by atoms with Crippen molar-refractivity contribution in [1.82, 2.24) is 4.90 Å². The Labute approximate surface area is 85.3 Å². The third-order valence-corrected chi connectivity index (χ3v) is 2.14. The molecule has 0 atom stereocenters. The van der Waals surface area contributed by atoms with E-state index in [1.165, 1.54) is 5.56 Å². The molecule has 3 nitrogen and oxygen atoms in total. The van der Waals surface area contributed by atoms with E-state index in [0.29, 0.717) is 5.96 Å². The SMILES string of the molecule is CCN(C)C(N)=Nc1ccc(C)cc1. The number of aliphatic imine (C=N–C) groups is 1. The van der Waals surface area contributed by atoms with Gasteiger partial charge in [-0.2, -0.15) is 0 Å². The van der Waals surface area contributed by atoms with Gasteiger partial charge < -0.3 is 10.6 Å². The smallest absolute Gasteiger partial charge is 0.196 e. The van der Waals surface area contributed by atoms with Crippen molar-refractivity contribution in [3.8, 4) is 0 Å². The van der Waals surface area contributed by atoms with Crippen molar-refractivity contribution in [3.63, 3.8) is 0 Å². The first-order valence-corrected chi connectivity index (χ1v) is 4.75. The van der Waals surface area contributed by atoms with E-state index in [-0.39, 0.29) is 0 Å². The first kappa shape index (κ1) is 10.6. The van der Waals surface area contributed by atoms with Crippen LogP contribution >= 0.6 is 0 Å². The number of guanidine groups is 1. The van der Waals surface area contributed by atoms with Crippen LogP contribution < -0.4 is 5.73 Å². The lowest BCUT2D eigenvalue weighted by atomic mass is 10.2. The van der Waals surface area contributed by atoms with Crippen molar-refractivity contribution in [2.45, 2.75) is 13.8 Å². The molecule has 0 spiro atoms. The van der Waals surface area contributed by atoms with Gasteiger partial charge in [0.15, 0.2) is 5.96 Å². The summed E-state index contributed by atoms with van der Waals surface area (Å²) in [5, 5.41) is 0. The van der Waals surface area contributed by atoms with Crippen molar-refractivity contribution < 1.29 is 0 Å². The quantitative estimate of drug-likeness (QED) is 0.573. The number of nitrogens with zero attached hydrogens (tertiary/aromatic N) is 2. The second-order valence-electron chi connectivity index (χ2n) is 3.32. The van der Waals surface area contributed by atoms with E-state index in [0.717, 1.165) is 12.2 Å². The highest BCUT2D eigenvalue weighted by molar-refractivity contribution is 5.80.